The molecule has 0 aromatic heterocycles. The van der Waals surface area contributed by atoms with Crippen molar-refractivity contribution >= 4 is 11.8 Å². The Morgan fingerprint density at radius 1 is 1.05 bits per heavy atom. The molecular formula is C18H23NS. The molecule has 0 saturated heterocycles. The average Bonchev–Trinajstić information content (AvgIpc) is 2.47. The van der Waals surface area contributed by atoms with Crippen LogP contribution in [0.1, 0.15) is 36.1 Å². The molecule has 0 aliphatic rings. The summed E-state index contributed by atoms with van der Waals surface area (Å²) in [5.41, 5.74) is 10.2. The Bertz CT molecular complexity index is 533. The van der Waals surface area contributed by atoms with E-state index >= 15 is 0 Å². The summed E-state index contributed by atoms with van der Waals surface area (Å²) in [5.74, 6) is 0.915. The molecule has 0 heterocycles. The molecule has 0 radical (unpaired) electrons. The van der Waals surface area contributed by atoms with Crippen molar-refractivity contribution < 1.29 is 0 Å². The lowest BCUT2D eigenvalue weighted by Gasteiger charge is -2.13. The summed E-state index contributed by atoms with van der Waals surface area (Å²) in [6.45, 7) is 4.35. The highest BCUT2D eigenvalue weighted by atomic mass is 32.2. The Labute approximate surface area is 126 Å². The number of thioether (sulfide) groups is 1. The van der Waals surface area contributed by atoms with E-state index in [0.717, 1.165) is 12.2 Å². The summed E-state index contributed by atoms with van der Waals surface area (Å²) in [6.07, 6.45) is 2.34. The minimum Gasteiger partial charge on any atom is -0.323 e. The molecule has 0 amide bonds. The maximum absolute atomic E-state index is 6.30. The molecule has 2 N–H and O–H groups in total. The van der Waals surface area contributed by atoms with Gasteiger partial charge in [-0.15, -0.1) is 11.8 Å². The molecule has 0 bridgehead atoms. The Balaban J connectivity index is 1.94. The van der Waals surface area contributed by atoms with E-state index in [-0.39, 0.29) is 6.04 Å². The molecule has 2 aromatic rings. The van der Waals surface area contributed by atoms with Crippen molar-refractivity contribution in [3.8, 4) is 0 Å². The van der Waals surface area contributed by atoms with Crippen molar-refractivity contribution in [3.63, 3.8) is 0 Å². The summed E-state index contributed by atoms with van der Waals surface area (Å²) in [4.78, 5) is 1.32. The van der Waals surface area contributed by atoms with Crippen LogP contribution < -0.4 is 5.73 Å². The third-order valence-corrected chi connectivity index (χ3v) is 4.75. The lowest BCUT2D eigenvalue weighted by Crippen LogP contribution is -2.13. The molecule has 0 fully saturated rings. The van der Waals surface area contributed by atoms with Crippen molar-refractivity contribution in [2.24, 2.45) is 5.73 Å². The van der Waals surface area contributed by atoms with Gasteiger partial charge in [0.05, 0.1) is 0 Å². The van der Waals surface area contributed by atoms with Gasteiger partial charge < -0.3 is 5.73 Å². The minimum atomic E-state index is 0.0929. The zero-order valence-corrected chi connectivity index (χ0v) is 13.1. The first-order valence-corrected chi connectivity index (χ1v) is 8.22. The number of rotatable bonds is 6. The molecule has 1 atom stereocenters. The van der Waals surface area contributed by atoms with E-state index < -0.39 is 0 Å². The van der Waals surface area contributed by atoms with Gasteiger partial charge in [0, 0.05) is 16.7 Å². The Hall–Kier alpha value is -1.25. The standard InChI is InChI=1S/C18H23NS/c1-3-6-15-9-11-16(12-10-15)17(19)13-20-18-8-5-4-7-14(18)2/h4-5,7-12,17H,3,6,13,19H2,1-2H3. The maximum Gasteiger partial charge on any atom is 0.0390 e. The molecular weight excluding hydrogens is 262 g/mol. The van der Waals surface area contributed by atoms with Crippen LogP contribution in [-0.4, -0.2) is 5.75 Å². The molecule has 0 aliphatic carbocycles. The summed E-state index contributed by atoms with van der Waals surface area (Å²) < 4.78 is 0. The third kappa shape index (κ3) is 4.12. The quantitative estimate of drug-likeness (QED) is 0.776. The van der Waals surface area contributed by atoms with Crippen molar-refractivity contribution in [2.45, 2.75) is 37.6 Å². The summed E-state index contributed by atoms with van der Waals surface area (Å²) >= 11 is 1.84. The van der Waals surface area contributed by atoms with Gasteiger partial charge >= 0.3 is 0 Å². The van der Waals surface area contributed by atoms with E-state index in [1.807, 2.05) is 11.8 Å². The number of hydrogen-bond acceptors (Lipinski definition) is 2. The highest BCUT2D eigenvalue weighted by Gasteiger charge is 2.07. The fourth-order valence-corrected chi connectivity index (χ4v) is 3.24. The minimum absolute atomic E-state index is 0.0929. The number of nitrogens with two attached hydrogens (primary N) is 1. The predicted octanol–water partition coefficient (Wildman–Crippen LogP) is 4.74. The normalized spacial score (nSPS) is 12.3. The van der Waals surface area contributed by atoms with Gasteiger partial charge in [-0.2, -0.15) is 0 Å². The van der Waals surface area contributed by atoms with Crippen molar-refractivity contribution in [3.05, 3.63) is 65.2 Å². The van der Waals surface area contributed by atoms with Crippen LogP contribution in [0.2, 0.25) is 0 Å². The highest BCUT2D eigenvalue weighted by molar-refractivity contribution is 7.99. The first kappa shape index (κ1) is 15.1. The number of aryl methyl sites for hydroxylation is 2. The van der Waals surface area contributed by atoms with Gasteiger partial charge in [-0.25, -0.2) is 0 Å². The van der Waals surface area contributed by atoms with Crippen LogP contribution in [0.4, 0.5) is 0 Å². The summed E-state index contributed by atoms with van der Waals surface area (Å²) in [7, 11) is 0. The molecule has 2 rings (SSSR count). The summed E-state index contributed by atoms with van der Waals surface area (Å²) in [5, 5.41) is 0. The molecule has 2 heteroatoms. The predicted molar refractivity (Wildman–Crippen MR) is 89.3 cm³/mol. The van der Waals surface area contributed by atoms with Gasteiger partial charge in [0.2, 0.25) is 0 Å². The second kappa shape index (κ2) is 7.51. The van der Waals surface area contributed by atoms with Crippen LogP contribution >= 0.6 is 11.8 Å². The van der Waals surface area contributed by atoms with Gasteiger partial charge in [-0.05, 0) is 36.1 Å². The molecule has 106 valence electrons. The summed E-state index contributed by atoms with van der Waals surface area (Å²) in [6, 6.07) is 17.3. The number of hydrogen-bond donors (Lipinski definition) is 1. The van der Waals surface area contributed by atoms with Gasteiger partial charge in [0.25, 0.3) is 0 Å². The van der Waals surface area contributed by atoms with Gasteiger partial charge in [0.15, 0.2) is 0 Å². The lowest BCUT2D eigenvalue weighted by molar-refractivity contribution is 0.828. The third-order valence-electron chi connectivity index (χ3n) is 3.46. The SMILES string of the molecule is CCCc1ccc(C(N)CSc2ccccc2C)cc1. The highest BCUT2D eigenvalue weighted by Crippen LogP contribution is 2.26. The van der Waals surface area contributed by atoms with Gasteiger partial charge in [0.1, 0.15) is 0 Å². The van der Waals surface area contributed by atoms with Crippen LogP contribution in [0.5, 0.6) is 0 Å². The van der Waals surface area contributed by atoms with Crippen LogP contribution in [-0.2, 0) is 6.42 Å². The van der Waals surface area contributed by atoms with E-state index in [4.69, 9.17) is 5.73 Å². The first-order valence-electron chi connectivity index (χ1n) is 7.23. The second-order valence-electron chi connectivity index (χ2n) is 5.17. The van der Waals surface area contributed by atoms with Crippen molar-refractivity contribution in [2.75, 3.05) is 5.75 Å². The van der Waals surface area contributed by atoms with E-state index in [1.54, 1.807) is 0 Å². The number of benzene rings is 2. The van der Waals surface area contributed by atoms with Crippen LogP contribution in [0.3, 0.4) is 0 Å². The van der Waals surface area contributed by atoms with Crippen LogP contribution in [0.25, 0.3) is 0 Å². The van der Waals surface area contributed by atoms with Crippen molar-refractivity contribution in [1.82, 2.24) is 0 Å². The average molecular weight is 285 g/mol. The Morgan fingerprint density at radius 2 is 1.75 bits per heavy atom. The Kier molecular flexibility index (Phi) is 5.69. The fraction of sp³-hybridized carbons (Fsp3) is 0.333. The van der Waals surface area contributed by atoms with E-state index in [1.165, 1.54) is 28.0 Å². The van der Waals surface area contributed by atoms with Crippen LogP contribution in [0.15, 0.2) is 53.4 Å². The van der Waals surface area contributed by atoms with E-state index in [2.05, 4.69) is 62.4 Å². The topological polar surface area (TPSA) is 26.0 Å². The van der Waals surface area contributed by atoms with Crippen molar-refractivity contribution in [1.29, 1.82) is 0 Å². The van der Waals surface area contributed by atoms with Gasteiger partial charge in [-0.3, -0.25) is 0 Å². The first-order chi connectivity index (χ1) is 9.70. The zero-order valence-electron chi connectivity index (χ0n) is 12.3. The maximum atomic E-state index is 6.30. The second-order valence-corrected chi connectivity index (χ2v) is 6.24. The molecule has 0 spiro atoms. The Morgan fingerprint density at radius 3 is 2.40 bits per heavy atom. The van der Waals surface area contributed by atoms with E-state index in [9.17, 15) is 0 Å². The lowest BCUT2D eigenvalue weighted by atomic mass is 10.0. The van der Waals surface area contributed by atoms with Gasteiger partial charge in [-0.1, -0.05) is 55.8 Å². The molecule has 2 aromatic carbocycles. The fourth-order valence-electron chi connectivity index (χ4n) is 2.21. The zero-order chi connectivity index (χ0) is 14.4. The molecule has 1 nitrogen and oxygen atoms in total. The smallest absolute Gasteiger partial charge is 0.0390 e. The molecule has 0 aliphatic heterocycles. The molecule has 1 unspecified atom stereocenters. The van der Waals surface area contributed by atoms with Crippen LogP contribution in [0, 0.1) is 6.92 Å². The van der Waals surface area contributed by atoms with E-state index in [0.29, 0.717) is 0 Å². The largest absolute Gasteiger partial charge is 0.323 e. The molecule has 20 heavy (non-hydrogen) atoms. The monoisotopic (exact) mass is 285 g/mol. The molecule has 0 saturated carbocycles.